The Morgan fingerprint density at radius 1 is 0.380 bits per heavy atom. The Hall–Kier alpha value is -2.06. The van der Waals surface area contributed by atoms with Gasteiger partial charge in [0, 0.05) is 6.42 Å². The van der Waals surface area contributed by atoms with Crippen LogP contribution in [0.15, 0.2) is 72.9 Å². The van der Waals surface area contributed by atoms with Gasteiger partial charge in [-0.2, -0.15) is 0 Å². The second kappa shape index (κ2) is 73.2. The molecular weight excluding hydrogens is 1150 g/mol. The molecule has 0 fully saturated rings. The quantitative estimate of drug-likeness (QED) is 0.0272. The Morgan fingerprint density at radius 2 is 0.641 bits per heavy atom. The number of phosphoric ester groups is 1. The van der Waals surface area contributed by atoms with E-state index in [-0.39, 0.29) is 12.5 Å². The largest absolute Gasteiger partial charge is 0.756 e. The topological polar surface area (TPSA) is 108 Å². The molecule has 0 heterocycles. The molecule has 0 aromatic rings. The lowest BCUT2D eigenvalue weighted by Gasteiger charge is -2.29. The Labute approximate surface area is 574 Å². The molecule has 0 radical (unpaired) electrons. The molecule has 0 aliphatic heterocycles. The molecule has 2 N–H and O–H groups in total. The molecule has 0 aromatic heterocycles. The summed E-state index contributed by atoms with van der Waals surface area (Å²) in [4.78, 5) is 25.7. The van der Waals surface area contributed by atoms with Crippen LogP contribution < -0.4 is 10.2 Å². The van der Waals surface area contributed by atoms with Crippen molar-refractivity contribution in [3.8, 4) is 0 Å². The molecule has 3 unspecified atom stereocenters. The van der Waals surface area contributed by atoms with Crippen LogP contribution in [0.5, 0.6) is 0 Å². The maximum Gasteiger partial charge on any atom is 0.268 e. The zero-order valence-electron chi connectivity index (χ0n) is 62.0. The standard InChI is InChI=1S/C83H157N2O6P/c1-6-8-10-12-14-16-18-20-22-24-26-28-30-32-34-36-37-38-39-40-41-42-43-44-45-46-47-49-51-53-55-57-59-61-63-65-67-69-71-73-75-77-83(87)84-81(80-91-92(88,89)90-79-78-85(3,4)5)82(86)76-74-72-70-68-66-64-62-60-58-56-54-52-50-48-35-33-31-29-27-25-23-21-19-17-15-13-11-9-7-2/h18,20,24,26,30,32,58,60,66,68,74,76,81-82,86H,6-17,19,21-23,25,27-29,31,33-57,59,61-65,67,69-73,75,77-80H2,1-5H3,(H-,84,87,88,89)/b20-18-,26-24-,32-30-,60-58+,68-66+,76-74+. The van der Waals surface area contributed by atoms with Gasteiger partial charge in [0.2, 0.25) is 5.91 Å². The number of hydrogen-bond donors (Lipinski definition) is 2. The Kier molecular flexibility index (Phi) is 71.6. The third-order valence-electron chi connectivity index (χ3n) is 18.4. The first-order valence-corrected chi connectivity index (χ1v) is 41.8. The zero-order valence-corrected chi connectivity index (χ0v) is 62.9. The molecule has 3 atom stereocenters. The number of phosphoric acid groups is 1. The van der Waals surface area contributed by atoms with Crippen molar-refractivity contribution >= 4 is 13.7 Å². The fourth-order valence-electron chi connectivity index (χ4n) is 12.1. The first kappa shape index (κ1) is 89.9. The molecule has 92 heavy (non-hydrogen) atoms. The number of carbonyl (C=O) groups is 1. The van der Waals surface area contributed by atoms with E-state index in [2.05, 4.69) is 79.9 Å². The molecular formula is C83H157N2O6P. The fraction of sp³-hybridized carbons (Fsp3) is 0.843. The second-order valence-electron chi connectivity index (χ2n) is 28.8. The molecule has 8 nitrogen and oxygen atoms in total. The highest BCUT2D eigenvalue weighted by atomic mass is 31.2. The van der Waals surface area contributed by atoms with Crippen LogP contribution in [0.1, 0.15) is 399 Å². The van der Waals surface area contributed by atoms with E-state index in [9.17, 15) is 19.4 Å². The third kappa shape index (κ3) is 75.3. The van der Waals surface area contributed by atoms with Gasteiger partial charge in [0.05, 0.1) is 39.9 Å². The summed E-state index contributed by atoms with van der Waals surface area (Å²) in [7, 11) is 1.25. The summed E-state index contributed by atoms with van der Waals surface area (Å²) >= 11 is 0. The van der Waals surface area contributed by atoms with Gasteiger partial charge in [0.1, 0.15) is 13.2 Å². The summed E-state index contributed by atoms with van der Waals surface area (Å²) in [6, 6.07) is -0.913. The number of aliphatic hydroxyl groups excluding tert-OH is 1. The highest BCUT2D eigenvalue weighted by Crippen LogP contribution is 2.38. The minimum Gasteiger partial charge on any atom is -0.756 e. The number of allylic oxidation sites excluding steroid dienone is 11. The van der Waals surface area contributed by atoms with Crippen LogP contribution >= 0.6 is 7.82 Å². The maximum absolute atomic E-state index is 13.1. The van der Waals surface area contributed by atoms with E-state index in [1.54, 1.807) is 6.08 Å². The van der Waals surface area contributed by atoms with Gasteiger partial charge in [0.15, 0.2) is 0 Å². The SMILES string of the molecule is CCCCCCC/C=C\C/C=C\C/C=C\CCCCCCCCCCCCCCCCCCCCCCCCCCCCC(=O)NC(COP(=O)([O-])OCC[N+](C)(C)C)C(O)/C=C/CC/C=C/CC/C=C/CCCCCCCCCCCCCCCCCCCCC. The molecule has 0 saturated carbocycles. The molecule has 0 spiro atoms. The van der Waals surface area contributed by atoms with E-state index in [4.69, 9.17) is 9.05 Å². The molecule has 0 rings (SSSR count). The van der Waals surface area contributed by atoms with Crippen LogP contribution in [0, 0.1) is 0 Å². The van der Waals surface area contributed by atoms with Crippen molar-refractivity contribution in [1.82, 2.24) is 5.32 Å². The average molecular weight is 1310 g/mol. The molecule has 0 aliphatic carbocycles. The summed E-state index contributed by atoms with van der Waals surface area (Å²) in [6.45, 7) is 4.66. The number of quaternary nitrogens is 1. The van der Waals surface area contributed by atoms with E-state index in [0.717, 1.165) is 57.8 Å². The van der Waals surface area contributed by atoms with Gasteiger partial charge in [-0.1, -0.05) is 382 Å². The molecule has 1 amide bonds. The average Bonchev–Trinajstić information content (AvgIpc) is 2.63. The molecule has 9 heteroatoms. The number of amides is 1. The van der Waals surface area contributed by atoms with E-state index in [1.165, 1.54) is 321 Å². The van der Waals surface area contributed by atoms with Crippen molar-refractivity contribution in [2.24, 2.45) is 0 Å². The van der Waals surface area contributed by atoms with Crippen LogP contribution in [0.3, 0.4) is 0 Å². The highest BCUT2D eigenvalue weighted by Gasteiger charge is 2.23. The van der Waals surface area contributed by atoms with Gasteiger partial charge in [-0.25, -0.2) is 0 Å². The predicted octanol–water partition coefficient (Wildman–Crippen LogP) is 25.8. The van der Waals surface area contributed by atoms with Gasteiger partial charge in [-0.15, -0.1) is 0 Å². The van der Waals surface area contributed by atoms with Crippen molar-refractivity contribution in [3.05, 3.63) is 72.9 Å². The summed E-state index contributed by atoms with van der Waals surface area (Å²) in [5.41, 5.74) is 0. The number of aliphatic hydroxyl groups is 1. The summed E-state index contributed by atoms with van der Waals surface area (Å²) < 4.78 is 23.5. The van der Waals surface area contributed by atoms with E-state index in [0.29, 0.717) is 17.4 Å². The van der Waals surface area contributed by atoms with Crippen LogP contribution in [0.25, 0.3) is 0 Å². The molecule has 540 valence electrons. The number of unbranched alkanes of at least 4 members (excludes halogenated alkanes) is 52. The molecule has 0 bridgehead atoms. The fourth-order valence-corrected chi connectivity index (χ4v) is 12.9. The van der Waals surface area contributed by atoms with Crippen molar-refractivity contribution in [3.63, 3.8) is 0 Å². The first-order valence-electron chi connectivity index (χ1n) is 40.3. The Morgan fingerprint density at radius 3 is 0.957 bits per heavy atom. The Bertz CT molecular complexity index is 1730. The number of nitrogens with zero attached hydrogens (tertiary/aromatic N) is 1. The van der Waals surface area contributed by atoms with Gasteiger partial charge < -0.3 is 28.8 Å². The van der Waals surface area contributed by atoms with Crippen molar-refractivity contribution in [2.45, 2.75) is 411 Å². The van der Waals surface area contributed by atoms with Gasteiger partial charge >= 0.3 is 0 Å². The van der Waals surface area contributed by atoms with Crippen LogP contribution in [0.4, 0.5) is 0 Å². The first-order chi connectivity index (χ1) is 45.0. The van der Waals surface area contributed by atoms with Gasteiger partial charge in [-0.05, 0) is 83.5 Å². The lowest BCUT2D eigenvalue weighted by atomic mass is 10.0. The molecule has 0 saturated heterocycles. The molecule has 0 aliphatic rings. The second-order valence-corrected chi connectivity index (χ2v) is 30.2. The summed E-state index contributed by atoms with van der Waals surface area (Å²) in [6.07, 6.45) is 104. The monoisotopic (exact) mass is 1310 g/mol. The highest BCUT2D eigenvalue weighted by molar-refractivity contribution is 7.45. The minimum absolute atomic E-state index is 0.00877. The summed E-state index contributed by atoms with van der Waals surface area (Å²) in [5, 5.41) is 14.0. The van der Waals surface area contributed by atoms with Crippen molar-refractivity contribution < 1.29 is 32.9 Å². The minimum atomic E-state index is -4.62. The number of hydrogen-bond acceptors (Lipinski definition) is 6. The van der Waals surface area contributed by atoms with E-state index < -0.39 is 26.6 Å². The summed E-state index contributed by atoms with van der Waals surface area (Å²) in [5.74, 6) is -0.205. The number of likely N-dealkylation sites (N-methyl/N-ethyl adjacent to an activating group) is 1. The molecule has 0 aromatic carbocycles. The third-order valence-corrected chi connectivity index (χ3v) is 19.3. The normalized spacial score (nSPS) is 13.9. The van der Waals surface area contributed by atoms with Crippen LogP contribution in [-0.4, -0.2) is 68.5 Å². The number of carbonyl (C=O) groups excluding carboxylic acids is 1. The van der Waals surface area contributed by atoms with Crippen molar-refractivity contribution in [1.29, 1.82) is 0 Å². The smallest absolute Gasteiger partial charge is 0.268 e. The maximum atomic E-state index is 13.1. The number of nitrogens with one attached hydrogen (secondary N) is 1. The van der Waals surface area contributed by atoms with E-state index >= 15 is 0 Å². The predicted molar refractivity (Wildman–Crippen MR) is 404 cm³/mol. The Balaban J connectivity index is 3.97. The van der Waals surface area contributed by atoms with E-state index in [1.807, 2.05) is 27.2 Å². The van der Waals surface area contributed by atoms with Crippen LogP contribution in [0.2, 0.25) is 0 Å². The lowest BCUT2D eigenvalue weighted by Crippen LogP contribution is -2.45. The van der Waals surface area contributed by atoms with Gasteiger partial charge in [-0.3, -0.25) is 9.36 Å². The van der Waals surface area contributed by atoms with Crippen LogP contribution in [-0.2, 0) is 18.4 Å². The van der Waals surface area contributed by atoms with Gasteiger partial charge in [0.25, 0.3) is 7.82 Å². The zero-order chi connectivity index (χ0) is 66.9. The van der Waals surface area contributed by atoms with Crippen molar-refractivity contribution in [2.75, 3.05) is 40.9 Å². The lowest BCUT2D eigenvalue weighted by molar-refractivity contribution is -0.870. The number of rotatable bonds is 75.